The van der Waals surface area contributed by atoms with E-state index in [0.717, 1.165) is 23.6 Å². The summed E-state index contributed by atoms with van der Waals surface area (Å²) in [6.45, 7) is 4.69. The van der Waals surface area contributed by atoms with Crippen molar-refractivity contribution in [2.45, 2.75) is 25.4 Å². The molecule has 1 aromatic carbocycles. The molecule has 3 nitrogen and oxygen atoms in total. The Bertz CT molecular complexity index is 411. The van der Waals surface area contributed by atoms with E-state index in [0.29, 0.717) is 6.04 Å². The Morgan fingerprint density at radius 1 is 1.29 bits per heavy atom. The molecule has 0 heterocycles. The van der Waals surface area contributed by atoms with Crippen LogP contribution in [-0.4, -0.2) is 20.3 Å². The molecule has 1 aliphatic rings. The van der Waals surface area contributed by atoms with Crippen molar-refractivity contribution in [2.24, 2.45) is 0 Å². The molecule has 0 radical (unpaired) electrons. The van der Waals surface area contributed by atoms with Crippen molar-refractivity contribution in [1.29, 1.82) is 0 Å². The summed E-state index contributed by atoms with van der Waals surface area (Å²) in [5.41, 5.74) is 2.29. The van der Waals surface area contributed by atoms with Gasteiger partial charge in [-0.15, -0.1) is 0 Å². The molecule has 1 aromatic rings. The molecule has 2 rings (SSSR count). The number of rotatable bonds is 6. The highest BCUT2D eigenvalue weighted by Crippen LogP contribution is 2.31. The maximum Gasteiger partial charge on any atom is 0.161 e. The highest BCUT2D eigenvalue weighted by atomic mass is 16.5. The second-order valence-corrected chi connectivity index (χ2v) is 4.27. The largest absolute Gasteiger partial charge is 0.493 e. The summed E-state index contributed by atoms with van der Waals surface area (Å²) in [5.74, 6) is 1.52. The van der Waals surface area contributed by atoms with Crippen LogP contribution in [0.3, 0.4) is 0 Å². The maximum atomic E-state index is 5.31. The van der Waals surface area contributed by atoms with Crippen LogP contribution in [0, 0.1) is 0 Å². The molecule has 0 bridgehead atoms. The third-order valence-electron chi connectivity index (χ3n) is 3.02. The van der Waals surface area contributed by atoms with Crippen LogP contribution < -0.4 is 14.8 Å². The zero-order chi connectivity index (χ0) is 12.3. The third kappa shape index (κ3) is 2.80. The van der Waals surface area contributed by atoms with Crippen LogP contribution in [0.1, 0.15) is 24.0 Å². The van der Waals surface area contributed by atoms with Gasteiger partial charge in [0.05, 0.1) is 14.2 Å². The monoisotopic (exact) mass is 233 g/mol. The molecule has 0 saturated heterocycles. The molecule has 1 N–H and O–H groups in total. The van der Waals surface area contributed by atoms with E-state index < -0.39 is 0 Å². The topological polar surface area (TPSA) is 30.5 Å². The Balaban J connectivity index is 2.23. The van der Waals surface area contributed by atoms with E-state index >= 15 is 0 Å². The van der Waals surface area contributed by atoms with E-state index in [1.54, 1.807) is 14.2 Å². The van der Waals surface area contributed by atoms with Gasteiger partial charge in [0.15, 0.2) is 11.5 Å². The molecule has 1 aliphatic carbocycles. The maximum absolute atomic E-state index is 5.31. The van der Waals surface area contributed by atoms with Crippen molar-refractivity contribution in [3.8, 4) is 11.5 Å². The van der Waals surface area contributed by atoms with Crippen molar-refractivity contribution in [3.05, 3.63) is 29.8 Å². The second kappa shape index (κ2) is 5.23. The SMILES string of the molecule is C=Cc1cc(OC)c(OC)cc1CNC1CC1. The van der Waals surface area contributed by atoms with E-state index in [4.69, 9.17) is 9.47 Å². The minimum absolute atomic E-state index is 0.695. The van der Waals surface area contributed by atoms with Crippen LogP contribution in [0.2, 0.25) is 0 Å². The second-order valence-electron chi connectivity index (χ2n) is 4.27. The highest BCUT2D eigenvalue weighted by Gasteiger charge is 2.20. The van der Waals surface area contributed by atoms with Gasteiger partial charge in [0.1, 0.15) is 0 Å². The standard InChI is InChI=1S/C14H19NO2/c1-4-10-7-13(16-2)14(17-3)8-11(10)9-15-12-5-6-12/h4,7-8,12,15H,1,5-6,9H2,2-3H3. The Hall–Kier alpha value is -1.48. The van der Waals surface area contributed by atoms with E-state index in [1.807, 2.05) is 18.2 Å². The molecular formula is C14H19NO2. The lowest BCUT2D eigenvalue weighted by atomic mass is 10.1. The number of nitrogens with one attached hydrogen (secondary N) is 1. The molecule has 1 fully saturated rings. The smallest absolute Gasteiger partial charge is 0.161 e. The molecule has 1 saturated carbocycles. The normalized spacial score (nSPS) is 14.5. The third-order valence-corrected chi connectivity index (χ3v) is 3.02. The van der Waals surface area contributed by atoms with Crippen LogP contribution in [0.4, 0.5) is 0 Å². The molecule has 17 heavy (non-hydrogen) atoms. The minimum Gasteiger partial charge on any atom is -0.493 e. The van der Waals surface area contributed by atoms with E-state index in [9.17, 15) is 0 Å². The van der Waals surface area contributed by atoms with Gasteiger partial charge in [0, 0.05) is 12.6 Å². The number of ether oxygens (including phenoxy) is 2. The van der Waals surface area contributed by atoms with Crippen molar-refractivity contribution in [1.82, 2.24) is 5.32 Å². The number of hydrogen-bond donors (Lipinski definition) is 1. The van der Waals surface area contributed by atoms with Gasteiger partial charge in [-0.3, -0.25) is 0 Å². The summed E-state index contributed by atoms with van der Waals surface area (Å²) < 4.78 is 10.6. The first-order valence-electron chi connectivity index (χ1n) is 5.89. The van der Waals surface area contributed by atoms with Crippen molar-refractivity contribution < 1.29 is 9.47 Å². The lowest BCUT2D eigenvalue weighted by Gasteiger charge is -2.13. The fourth-order valence-electron chi connectivity index (χ4n) is 1.82. The van der Waals surface area contributed by atoms with Gasteiger partial charge in [-0.1, -0.05) is 12.7 Å². The zero-order valence-electron chi connectivity index (χ0n) is 10.5. The lowest BCUT2D eigenvalue weighted by Crippen LogP contribution is -2.16. The quantitative estimate of drug-likeness (QED) is 0.819. The van der Waals surface area contributed by atoms with Crippen molar-refractivity contribution in [3.63, 3.8) is 0 Å². The number of benzene rings is 1. The first kappa shape index (κ1) is 12.0. The van der Waals surface area contributed by atoms with Gasteiger partial charge in [-0.05, 0) is 36.1 Å². The van der Waals surface area contributed by atoms with Crippen molar-refractivity contribution >= 4 is 6.08 Å². The van der Waals surface area contributed by atoms with Gasteiger partial charge < -0.3 is 14.8 Å². The van der Waals surface area contributed by atoms with Crippen molar-refractivity contribution in [2.75, 3.05) is 14.2 Å². The predicted octanol–water partition coefficient (Wildman–Crippen LogP) is 2.60. The zero-order valence-corrected chi connectivity index (χ0v) is 10.5. The summed E-state index contributed by atoms with van der Waals surface area (Å²) in [6, 6.07) is 4.68. The van der Waals surface area contributed by atoms with Gasteiger partial charge in [-0.25, -0.2) is 0 Å². The summed E-state index contributed by atoms with van der Waals surface area (Å²) in [5, 5.41) is 3.49. The fourth-order valence-corrected chi connectivity index (χ4v) is 1.82. The number of methoxy groups -OCH3 is 2. The van der Waals surface area contributed by atoms with Crippen LogP contribution >= 0.6 is 0 Å². The Morgan fingerprint density at radius 3 is 2.47 bits per heavy atom. The van der Waals surface area contributed by atoms with Gasteiger partial charge >= 0.3 is 0 Å². The van der Waals surface area contributed by atoms with E-state index in [1.165, 1.54) is 18.4 Å². The highest BCUT2D eigenvalue weighted by molar-refractivity contribution is 5.59. The summed E-state index contributed by atoms with van der Waals surface area (Å²) in [7, 11) is 3.30. The first-order valence-corrected chi connectivity index (χ1v) is 5.89. The van der Waals surface area contributed by atoms with Crippen LogP contribution in [0.25, 0.3) is 6.08 Å². The molecule has 3 heteroatoms. The fraction of sp³-hybridized carbons (Fsp3) is 0.429. The molecule has 0 unspecified atom stereocenters. The summed E-state index contributed by atoms with van der Waals surface area (Å²) in [6.07, 6.45) is 4.43. The Labute approximate surface area is 102 Å². The van der Waals surface area contributed by atoms with Gasteiger partial charge in [0.25, 0.3) is 0 Å². The Kier molecular flexibility index (Phi) is 3.69. The average Bonchev–Trinajstić information content (AvgIpc) is 3.19. The van der Waals surface area contributed by atoms with Crippen LogP contribution in [0.5, 0.6) is 11.5 Å². The predicted molar refractivity (Wildman–Crippen MR) is 69.5 cm³/mol. The molecular weight excluding hydrogens is 214 g/mol. The first-order chi connectivity index (χ1) is 8.28. The molecule has 0 atom stereocenters. The molecule has 0 aliphatic heterocycles. The molecule has 0 aromatic heterocycles. The van der Waals surface area contributed by atoms with Crippen LogP contribution in [0.15, 0.2) is 18.7 Å². The van der Waals surface area contributed by atoms with Gasteiger partial charge in [-0.2, -0.15) is 0 Å². The average molecular weight is 233 g/mol. The Morgan fingerprint density at radius 2 is 1.94 bits per heavy atom. The van der Waals surface area contributed by atoms with E-state index in [2.05, 4.69) is 11.9 Å². The molecule has 0 amide bonds. The lowest BCUT2D eigenvalue weighted by molar-refractivity contribution is 0.354. The minimum atomic E-state index is 0.695. The van der Waals surface area contributed by atoms with E-state index in [-0.39, 0.29) is 0 Å². The molecule has 92 valence electrons. The summed E-state index contributed by atoms with van der Waals surface area (Å²) >= 11 is 0. The summed E-state index contributed by atoms with van der Waals surface area (Å²) in [4.78, 5) is 0. The van der Waals surface area contributed by atoms with Gasteiger partial charge in [0.2, 0.25) is 0 Å². The molecule has 0 spiro atoms. The number of hydrogen-bond acceptors (Lipinski definition) is 3. The van der Waals surface area contributed by atoms with Crippen LogP contribution in [-0.2, 0) is 6.54 Å².